The third kappa shape index (κ3) is 3.70. The zero-order valence-corrected chi connectivity index (χ0v) is 11.7. The van der Waals surface area contributed by atoms with Crippen LogP contribution in [-0.2, 0) is 6.54 Å². The largest absolute Gasteiger partial charge is 0.396 e. The number of halogens is 1. The molecule has 1 aliphatic heterocycles. The number of likely N-dealkylation sites (tertiary alicyclic amines) is 1. The maximum atomic E-state index is 9.14. The molecule has 4 heteroatoms. The number of hydrogen-bond donors (Lipinski definition) is 1. The van der Waals surface area contributed by atoms with E-state index in [1.165, 1.54) is 12.8 Å². The zero-order valence-electron chi connectivity index (χ0n) is 11.0. The Morgan fingerprint density at radius 3 is 2.95 bits per heavy atom. The number of rotatable bonds is 4. The minimum atomic E-state index is 0.238. The SMILES string of the molecule is N#Cc1ccc(CN2CCCCC2CCO)c(Cl)c1. The van der Waals surface area contributed by atoms with Crippen molar-refractivity contribution < 1.29 is 5.11 Å². The van der Waals surface area contributed by atoms with Crippen molar-refractivity contribution in [3.05, 3.63) is 34.3 Å². The van der Waals surface area contributed by atoms with E-state index in [0.29, 0.717) is 16.6 Å². The molecule has 1 heterocycles. The van der Waals surface area contributed by atoms with Gasteiger partial charge in [0.15, 0.2) is 0 Å². The van der Waals surface area contributed by atoms with E-state index >= 15 is 0 Å². The van der Waals surface area contributed by atoms with Crippen LogP contribution in [0.3, 0.4) is 0 Å². The summed E-state index contributed by atoms with van der Waals surface area (Å²) in [6.45, 7) is 2.10. The van der Waals surface area contributed by atoms with Gasteiger partial charge in [0.05, 0.1) is 11.6 Å². The lowest BCUT2D eigenvalue weighted by molar-refractivity contribution is 0.112. The molecular formula is C15H19ClN2O. The van der Waals surface area contributed by atoms with E-state index in [-0.39, 0.29) is 6.61 Å². The Labute approximate surface area is 119 Å². The van der Waals surface area contributed by atoms with Crippen LogP contribution in [0.2, 0.25) is 5.02 Å². The van der Waals surface area contributed by atoms with Gasteiger partial charge in [-0.1, -0.05) is 24.1 Å². The summed E-state index contributed by atoms with van der Waals surface area (Å²) < 4.78 is 0. The second-order valence-electron chi connectivity index (χ2n) is 5.05. The highest BCUT2D eigenvalue weighted by atomic mass is 35.5. The first-order valence-corrected chi connectivity index (χ1v) is 7.16. The molecule has 1 aromatic carbocycles. The molecular weight excluding hydrogens is 260 g/mol. The maximum Gasteiger partial charge on any atom is 0.0992 e. The van der Waals surface area contributed by atoms with E-state index in [4.69, 9.17) is 22.0 Å². The number of nitrogens with zero attached hydrogens (tertiary/aromatic N) is 2. The van der Waals surface area contributed by atoms with E-state index in [0.717, 1.165) is 31.5 Å². The van der Waals surface area contributed by atoms with Gasteiger partial charge in [-0.2, -0.15) is 5.26 Å². The summed E-state index contributed by atoms with van der Waals surface area (Å²) in [5, 5.41) is 18.6. The molecule has 1 saturated heterocycles. The normalized spacial score (nSPS) is 20.2. The molecule has 1 atom stereocenters. The Morgan fingerprint density at radius 1 is 1.42 bits per heavy atom. The van der Waals surface area contributed by atoms with Gasteiger partial charge < -0.3 is 5.11 Å². The van der Waals surface area contributed by atoms with Gasteiger partial charge in [-0.25, -0.2) is 0 Å². The van der Waals surface area contributed by atoms with Gasteiger partial charge in [0.25, 0.3) is 0 Å². The Kier molecular flexibility index (Phi) is 5.21. The first kappa shape index (κ1) is 14.3. The third-order valence-electron chi connectivity index (χ3n) is 3.77. The first-order valence-electron chi connectivity index (χ1n) is 6.78. The Hall–Kier alpha value is -1.08. The van der Waals surface area contributed by atoms with Crippen molar-refractivity contribution in [2.45, 2.75) is 38.3 Å². The van der Waals surface area contributed by atoms with E-state index < -0.39 is 0 Å². The molecule has 0 radical (unpaired) electrons. The van der Waals surface area contributed by atoms with Crippen molar-refractivity contribution in [2.75, 3.05) is 13.2 Å². The summed E-state index contributed by atoms with van der Waals surface area (Å²) >= 11 is 6.23. The lowest BCUT2D eigenvalue weighted by Gasteiger charge is -2.35. The summed E-state index contributed by atoms with van der Waals surface area (Å²) in [5.41, 5.74) is 1.66. The fourth-order valence-electron chi connectivity index (χ4n) is 2.71. The lowest BCUT2D eigenvalue weighted by atomic mass is 9.98. The van der Waals surface area contributed by atoms with Gasteiger partial charge in [0.2, 0.25) is 0 Å². The number of piperidine rings is 1. The molecule has 1 aliphatic rings. The number of benzene rings is 1. The van der Waals surface area contributed by atoms with E-state index in [9.17, 15) is 0 Å². The van der Waals surface area contributed by atoms with E-state index in [1.54, 1.807) is 6.07 Å². The van der Waals surface area contributed by atoms with Crippen molar-refractivity contribution in [3.63, 3.8) is 0 Å². The number of nitriles is 1. The zero-order chi connectivity index (χ0) is 13.7. The Morgan fingerprint density at radius 2 is 2.26 bits per heavy atom. The molecule has 0 saturated carbocycles. The number of aliphatic hydroxyl groups excluding tert-OH is 1. The molecule has 0 aliphatic carbocycles. The molecule has 0 bridgehead atoms. The molecule has 102 valence electrons. The molecule has 1 unspecified atom stereocenters. The van der Waals surface area contributed by atoms with Crippen molar-refractivity contribution >= 4 is 11.6 Å². The predicted molar refractivity (Wildman–Crippen MR) is 75.9 cm³/mol. The summed E-state index contributed by atoms with van der Waals surface area (Å²) in [7, 11) is 0. The highest BCUT2D eigenvalue weighted by molar-refractivity contribution is 6.31. The minimum Gasteiger partial charge on any atom is -0.396 e. The Bertz CT molecular complexity index is 468. The topological polar surface area (TPSA) is 47.3 Å². The summed E-state index contributed by atoms with van der Waals surface area (Å²) in [6.07, 6.45) is 4.42. The van der Waals surface area contributed by atoms with E-state index in [2.05, 4.69) is 11.0 Å². The quantitative estimate of drug-likeness (QED) is 0.921. The summed E-state index contributed by atoms with van der Waals surface area (Å²) in [5.74, 6) is 0. The fraction of sp³-hybridized carbons (Fsp3) is 0.533. The lowest BCUT2D eigenvalue weighted by Crippen LogP contribution is -2.39. The van der Waals surface area contributed by atoms with Crippen LogP contribution in [0.1, 0.15) is 36.8 Å². The number of aliphatic hydroxyl groups is 1. The fourth-order valence-corrected chi connectivity index (χ4v) is 2.95. The first-order chi connectivity index (χ1) is 9.24. The van der Waals surface area contributed by atoms with Gasteiger partial charge in [-0.15, -0.1) is 0 Å². The van der Waals surface area contributed by atoms with Crippen molar-refractivity contribution in [1.29, 1.82) is 5.26 Å². The van der Waals surface area contributed by atoms with Crippen molar-refractivity contribution in [3.8, 4) is 6.07 Å². The molecule has 19 heavy (non-hydrogen) atoms. The molecule has 2 rings (SSSR count). The molecule has 1 N–H and O–H groups in total. The highest BCUT2D eigenvalue weighted by Crippen LogP contribution is 2.25. The van der Waals surface area contributed by atoms with Crippen molar-refractivity contribution in [1.82, 2.24) is 4.90 Å². The minimum absolute atomic E-state index is 0.238. The molecule has 3 nitrogen and oxygen atoms in total. The standard InChI is InChI=1S/C15H19ClN2O/c16-15-9-12(10-17)4-5-13(15)11-18-7-2-1-3-14(18)6-8-19/h4-5,9,14,19H,1-3,6-8,11H2. The van der Waals surface area contributed by atoms with Crippen LogP contribution >= 0.6 is 11.6 Å². The second-order valence-corrected chi connectivity index (χ2v) is 5.46. The second kappa shape index (κ2) is 6.91. The third-order valence-corrected chi connectivity index (χ3v) is 4.12. The van der Waals surface area contributed by atoms with Gasteiger partial charge in [0.1, 0.15) is 0 Å². The van der Waals surface area contributed by atoms with Crippen LogP contribution in [-0.4, -0.2) is 29.2 Å². The average Bonchev–Trinajstić information content (AvgIpc) is 2.43. The monoisotopic (exact) mass is 278 g/mol. The van der Waals surface area contributed by atoms with Gasteiger partial charge in [0, 0.05) is 24.2 Å². The van der Waals surface area contributed by atoms with Crippen LogP contribution in [0.5, 0.6) is 0 Å². The van der Waals surface area contributed by atoms with E-state index in [1.807, 2.05) is 12.1 Å². The highest BCUT2D eigenvalue weighted by Gasteiger charge is 2.22. The smallest absolute Gasteiger partial charge is 0.0992 e. The molecule has 0 aromatic heterocycles. The van der Waals surface area contributed by atoms with Crippen LogP contribution < -0.4 is 0 Å². The van der Waals surface area contributed by atoms with Crippen LogP contribution in [0, 0.1) is 11.3 Å². The predicted octanol–water partition coefficient (Wildman–Crippen LogP) is 2.95. The molecule has 0 spiro atoms. The van der Waals surface area contributed by atoms with Gasteiger partial charge >= 0.3 is 0 Å². The van der Waals surface area contributed by atoms with Crippen LogP contribution in [0.15, 0.2) is 18.2 Å². The Balaban J connectivity index is 2.08. The maximum absolute atomic E-state index is 9.14. The van der Waals surface area contributed by atoms with Gasteiger partial charge in [-0.05, 0) is 43.5 Å². The average molecular weight is 279 g/mol. The summed E-state index contributed by atoms with van der Waals surface area (Å²) in [6, 6.07) is 8.02. The number of hydrogen-bond acceptors (Lipinski definition) is 3. The molecule has 0 amide bonds. The molecule has 1 aromatic rings. The van der Waals surface area contributed by atoms with Crippen LogP contribution in [0.4, 0.5) is 0 Å². The van der Waals surface area contributed by atoms with Crippen molar-refractivity contribution in [2.24, 2.45) is 0 Å². The van der Waals surface area contributed by atoms with Crippen LogP contribution in [0.25, 0.3) is 0 Å². The molecule has 1 fully saturated rings. The summed E-state index contributed by atoms with van der Waals surface area (Å²) in [4.78, 5) is 2.40. The van der Waals surface area contributed by atoms with Gasteiger partial charge in [-0.3, -0.25) is 4.90 Å².